The molecule has 3 nitrogen and oxygen atoms in total. The number of nitrogens with zero attached hydrogens (tertiary/aromatic N) is 2. The lowest BCUT2D eigenvalue weighted by Gasteiger charge is -2.19. The molecular formula is C10H18N2O. The summed E-state index contributed by atoms with van der Waals surface area (Å²) in [4.78, 5) is 0. The van der Waals surface area contributed by atoms with Crippen LogP contribution in [-0.4, -0.2) is 16.9 Å². The van der Waals surface area contributed by atoms with E-state index in [0.29, 0.717) is 0 Å². The molecule has 3 heteroatoms. The van der Waals surface area contributed by atoms with Crippen LogP contribution in [-0.2, 0) is 12.5 Å². The lowest BCUT2D eigenvalue weighted by atomic mass is 9.87. The largest absolute Gasteiger partial charge is 0.481 e. The molecule has 0 N–H and O–H groups in total. The minimum absolute atomic E-state index is 0.0870. The van der Waals surface area contributed by atoms with Gasteiger partial charge in [0.25, 0.3) is 0 Å². The van der Waals surface area contributed by atoms with Crippen LogP contribution in [0.15, 0.2) is 0 Å². The molecule has 0 aliphatic rings. The second kappa shape index (κ2) is 3.05. The van der Waals surface area contributed by atoms with Crippen molar-refractivity contribution in [3.63, 3.8) is 0 Å². The molecule has 0 spiro atoms. The van der Waals surface area contributed by atoms with Gasteiger partial charge >= 0.3 is 0 Å². The van der Waals surface area contributed by atoms with Crippen LogP contribution in [0.2, 0.25) is 0 Å². The number of hydrogen-bond donors (Lipinski definition) is 0. The summed E-state index contributed by atoms with van der Waals surface area (Å²) >= 11 is 0. The molecule has 0 radical (unpaired) electrons. The van der Waals surface area contributed by atoms with Crippen LogP contribution in [0.4, 0.5) is 0 Å². The van der Waals surface area contributed by atoms with E-state index >= 15 is 0 Å². The van der Waals surface area contributed by atoms with Crippen molar-refractivity contribution in [1.82, 2.24) is 9.78 Å². The van der Waals surface area contributed by atoms with Crippen LogP contribution >= 0.6 is 0 Å². The first-order valence-electron chi connectivity index (χ1n) is 4.46. The fourth-order valence-electron chi connectivity index (χ4n) is 1.73. The molecule has 13 heavy (non-hydrogen) atoms. The second-order valence-electron chi connectivity index (χ2n) is 4.34. The van der Waals surface area contributed by atoms with E-state index < -0.39 is 0 Å². The molecule has 1 rings (SSSR count). The van der Waals surface area contributed by atoms with Crippen LogP contribution in [0, 0.1) is 6.92 Å². The Labute approximate surface area is 79.7 Å². The number of aromatic nitrogens is 2. The van der Waals surface area contributed by atoms with E-state index in [2.05, 4.69) is 25.9 Å². The third kappa shape index (κ3) is 1.69. The van der Waals surface area contributed by atoms with E-state index in [4.69, 9.17) is 4.74 Å². The molecule has 1 aromatic rings. The molecule has 0 saturated heterocycles. The van der Waals surface area contributed by atoms with Gasteiger partial charge in [0.15, 0.2) is 0 Å². The van der Waals surface area contributed by atoms with Gasteiger partial charge in [0.2, 0.25) is 5.88 Å². The van der Waals surface area contributed by atoms with Gasteiger partial charge in [-0.1, -0.05) is 20.8 Å². The van der Waals surface area contributed by atoms with Gasteiger partial charge in [-0.2, -0.15) is 5.10 Å². The summed E-state index contributed by atoms with van der Waals surface area (Å²) in [5.74, 6) is 0.866. The molecule has 0 aliphatic heterocycles. The highest BCUT2D eigenvalue weighted by atomic mass is 16.5. The predicted octanol–water partition coefficient (Wildman–Crippen LogP) is 2.03. The monoisotopic (exact) mass is 182 g/mol. The molecule has 0 atom stereocenters. The summed E-state index contributed by atoms with van der Waals surface area (Å²) in [5.41, 5.74) is 2.33. The highest BCUT2D eigenvalue weighted by molar-refractivity contribution is 5.36. The van der Waals surface area contributed by atoms with Gasteiger partial charge in [-0.15, -0.1) is 0 Å². The summed E-state index contributed by atoms with van der Waals surface area (Å²) in [5, 5.41) is 4.34. The number of rotatable bonds is 1. The average Bonchev–Trinajstić information content (AvgIpc) is 2.23. The van der Waals surface area contributed by atoms with Gasteiger partial charge in [-0.25, -0.2) is 4.68 Å². The van der Waals surface area contributed by atoms with Crippen molar-refractivity contribution < 1.29 is 4.74 Å². The maximum atomic E-state index is 5.32. The summed E-state index contributed by atoms with van der Waals surface area (Å²) in [6, 6.07) is 0. The van der Waals surface area contributed by atoms with Gasteiger partial charge in [0, 0.05) is 12.6 Å². The summed E-state index contributed by atoms with van der Waals surface area (Å²) < 4.78 is 7.11. The normalized spacial score (nSPS) is 11.8. The first-order chi connectivity index (χ1) is 5.88. The Morgan fingerprint density at radius 1 is 1.31 bits per heavy atom. The SMILES string of the molecule is COc1c(C(C)(C)C)c(C)nn1C. The van der Waals surface area contributed by atoms with Gasteiger partial charge in [0.1, 0.15) is 0 Å². The summed E-state index contributed by atoms with van der Waals surface area (Å²) in [6.07, 6.45) is 0. The Bertz CT molecular complexity index is 307. The van der Waals surface area contributed by atoms with Crippen LogP contribution in [0.25, 0.3) is 0 Å². The quantitative estimate of drug-likeness (QED) is 0.664. The zero-order valence-electron chi connectivity index (χ0n) is 9.30. The first-order valence-corrected chi connectivity index (χ1v) is 4.46. The molecule has 1 heterocycles. The third-order valence-electron chi connectivity index (χ3n) is 2.11. The van der Waals surface area contributed by atoms with Crippen molar-refractivity contribution in [2.75, 3.05) is 7.11 Å². The summed E-state index contributed by atoms with van der Waals surface area (Å²) in [7, 11) is 3.59. The zero-order chi connectivity index (χ0) is 10.2. The Morgan fingerprint density at radius 3 is 2.15 bits per heavy atom. The second-order valence-corrected chi connectivity index (χ2v) is 4.34. The smallest absolute Gasteiger partial charge is 0.215 e. The van der Waals surface area contributed by atoms with Gasteiger partial charge in [-0.05, 0) is 12.3 Å². The van der Waals surface area contributed by atoms with E-state index in [9.17, 15) is 0 Å². The number of aryl methyl sites for hydroxylation is 2. The van der Waals surface area contributed by atoms with Crippen molar-refractivity contribution in [3.8, 4) is 5.88 Å². The maximum Gasteiger partial charge on any atom is 0.215 e. The molecule has 0 aliphatic carbocycles. The van der Waals surface area contributed by atoms with Crippen molar-refractivity contribution >= 4 is 0 Å². The molecule has 0 unspecified atom stereocenters. The average molecular weight is 182 g/mol. The Morgan fingerprint density at radius 2 is 1.85 bits per heavy atom. The van der Waals surface area contributed by atoms with Crippen LogP contribution < -0.4 is 4.74 Å². The van der Waals surface area contributed by atoms with Crippen LogP contribution in [0.1, 0.15) is 32.0 Å². The molecular weight excluding hydrogens is 164 g/mol. The van der Waals surface area contributed by atoms with Crippen molar-refractivity contribution in [3.05, 3.63) is 11.3 Å². The lowest BCUT2D eigenvalue weighted by Crippen LogP contribution is -2.13. The number of methoxy groups -OCH3 is 1. The molecule has 0 bridgehead atoms. The Kier molecular flexibility index (Phi) is 2.37. The standard InChI is InChI=1S/C10H18N2O/c1-7-8(10(2,3)4)9(13-6)12(5)11-7/h1-6H3. The molecule has 0 amide bonds. The highest BCUT2D eigenvalue weighted by Crippen LogP contribution is 2.33. The van der Waals surface area contributed by atoms with Gasteiger partial charge < -0.3 is 4.74 Å². The number of ether oxygens (including phenoxy) is 1. The fraction of sp³-hybridized carbons (Fsp3) is 0.700. The molecule has 0 saturated carbocycles. The van der Waals surface area contributed by atoms with E-state index in [0.717, 1.165) is 11.6 Å². The van der Waals surface area contributed by atoms with Crippen LogP contribution in [0.3, 0.4) is 0 Å². The van der Waals surface area contributed by atoms with Crippen molar-refractivity contribution in [2.45, 2.75) is 33.1 Å². The lowest BCUT2D eigenvalue weighted by molar-refractivity contribution is 0.361. The number of hydrogen-bond acceptors (Lipinski definition) is 2. The van der Waals surface area contributed by atoms with Gasteiger partial charge in [-0.3, -0.25) is 0 Å². The van der Waals surface area contributed by atoms with Crippen LogP contribution in [0.5, 0.6) is 5.88 Å². The topological polar surface area (TPSA) is 27.1 Å². The molecule has 1 aromatic heterocycles. The molecule has 0 fully saturated rings. The van der Waals surface area contributed by atoms with Crippen molar-refractivity contribution in [2.24, 2.45) is 7.05 Å². The molecule has 0 aromatic carbocycles. The molecule has 74 valence electrons. The van der Waals surface area contributed by atoms with E-state index in [1.807, 2.05) is 14.0 Å². The minimum Gasteiger partial charge on any atom is -0.481 e. The Balaban J connectivity index is 3.34. The minimum atomic E-state index is 0.0870. The van der Waals surface area contributed by atoms with E-state index in [1.54, 1.807) is 11.8 Å². The third-order valence-corrected chi connectivity index (χ3v) is 2.11. The first kappa shape index (κ1) is 10.1. The van der Waals surface area contributed by atoms with E-state index in [-0.39, 0.29) is 5.41 Å². The maximum absolute atomic E-state index is 5.32. The van der Waals surface area contributed by atoms with Crippen molar-refractivity contribution in [1.29, 1.82) is 0 Å². The van der Waals surface area contributed by atoms with Gasteiger partial charge in [0.05, 0.1) is 12.8 Å². The zero-order valence-corrected chi connectivity index (χ0v) is 9.30. The van der Waals surface area contributed by atoms with E-state index in [1.165, 1.54) is 5.56 Å². The highest BCUT2D eigenvalue weighted by Gasteiger charge is 2.25. The predicted molar refractivity (Wildman–Crippen MR) is 53.2 cm³/mol. The fourth-order valence-corrected chi connectivity index (χ4v) is 1.73. The summed E-state index contributed by atoms with van der Waals surface area (Å²) in [6.45, 7) is 8.52. The Hall–Kier alpha value is -0.990.